The van der Waals surface area contributed by atoms with E-state index in [0.717, 1.165) is 37.7 Å². The highest BCUT2D eigenvalue weighted by Gasteiger charge is 2.72. The molecule has 1 amide bonds. The number of carbonyl (C=O) groups excluding carboxylic acids is 1. The third-order valence-corrected chi connectivity index (χ3v) is 6.90. The molecule has 7 rings (SSSR count). The van der Waals surface area contributed by atoms with Crippen molar-refractivity contribution in [3.63, 3.8) is 0 Å². The molecule has 1 aromatic heterocycles. The van der Waals surface area contributed by atoms with Crippen molar-refractivity contribution in [1.29, 1.82) is 0 Å². The van der Waals surface area contributed by atoms with Crippen LogP contribution in [0.2, 0.25) is 0 Å². The SMILES string of the molecule is O=C(N1N=CCC1c1cc(F)cc(F)c1)C12CC(Cn3cnc(C4CC4)n3)(C1)C2. The van der Waals surface area contributed by atoms with E-state index < -0.39 is 17.7 Å². The molecular weight excluding hydrogens is 376 g/mol. The average molecular weight is 397 g/mol. The average Bonchev–Trinajstić information content (AvgIpc) is 3.16. The lowest BCUT2D eigenvalue weighted by atomic mass is 9.34. The van der Waals surface area contributed by atoms with Crippen molar-refractivity contribution in [2.24, 2.45) is 15.9 Å². The van der Waals surface area contributed by atoms with Gasteiger partial charge in [-0.2, -0.15) is 10.2 Å². The topological polar surface area (TPSA) is 63.4 Å². The van der Waals surface area contributed by atoms with Gasteiger partial charge in [0.05, 0.1) is 11.5 Å². The Bertz CT molecular complexity index is 1000. The van der Waals surface area contributed by atoms with E-state index in [9.17, 15) is 13.6 Å². The lowest BCUT2D eigenvalue weighted by molar-refractivity contribution is -0.223. The molecule has 0 radical (unpaired) electrons. The van der Waals surface area contributed by atoms with Crippen LogP contribution in [0.4, 0.5) is 8.78 Å². The van der Waals surface area contributed by atoms with Crippen molar-refractivity contribution < 1.29 is 13.6 Å². The highest BCUT2D eigenvalue weighted by molar-refractivity contribution is 5.88. The minimum Gasteiger partial charge on any atom is -0.272 e. The van der Waals surface area contributed by atoms with E-state index >= 15 is 0 Å². The van der Waals surface area contributed by atoms with Crippen LogP contribution in [0.15, 0.2) is 29.6 Å². The predicted molar refractivity (Wildman–Crippen MR) is 99.8 cm³/mol. The van der Waals surface area contributed by atoms with E-state index in [1.54, 1.807) is 6.21 Å². The van der Waals surface area contributed by atoms with Crippen LogP contribution in [0, 0.1) is 22.5 Å². The van der Waals surface area contributed by atoms with Gasteiger partial charge in [-0.15, -0.1) is 0 Å². The molecule has 5 aliphatic rings. The molecule has 4 saturated carbocycles. The summed E-state index contributed by atoms with van der Waals surface area (Å²) in [5, 5.41) is 10.3. The van der Waals surface area contributed by atoms with Gasteiger partial charge in [-0.3, -0.25) is 9.48 Å². The van der Waals surface area contributed by atoms with Gasteiger partial charge in [-0.05, 0) is 55.2 Å². The maximum absolute atomic E-state index is 13.6. The summed E-state index contributed by atoms with van der Waals surface area (Å²) in [4.78, 5) is 17.6. The van der Waals surface area contributed by atoms with Crippen molar-refractivity contribution in [1.82, 2.24) is 19.8 Å². The van der Waals surface area contributed by atoms with Crippen LogP contribution < -0.4 is 0 Å². The Morgan fingerprint density at radius 1 is 1.14 bits per heavy atom. The van der Waals surface area contributed by atoms with E-state index in [-0.39, 0.29) is 16.7 Å². The van der Waals surface area contributed by atoms with Crippen LogP contribution in [0.3, 0.4) is 0 Å². The van der Waals surface area contributed by atoms with Crippen LogP contribution in [0.5, 0.6) is 0 Å². The number of aromatic nitrogens is 3. The summed E-state index contributed by atoms with van der Waals surface area (Å²) in [6.45, 7) is 0.795. The zero-order valence-corrected chi connectivity index (χ0v) is 15.9. The van der Waals surface area contributed by atoms with Gasteiger partial charge in [0.2, 0.25) is 5.91 Å². The Balaban J connectivity index is 1.14. The number of benzene rings is 1. The zero-order chi connectivity index (χ0) is 19.8. The summed E-state index contributed by atoms with van der Waals surface area (Å²) in [6.07, 6.45) is 8.73. The molecule has 1 aromatic carbocycles. The Morgan fingerprint density at radius 3 is 2.55 bits per heavy atom. The Hall–Kier alpha value is -2.64. The van der Waals surface area contributed by atoms with Crippen LogP contribution in [0.25, 0.3) is 0 Å². The Labute approximate surface area is 166 Å². The van der Waals surface area contributed by atoms with Crippen LogP contribution in [0.1, 0.15) is 61.9 Å². The summed E-state index contributed by atoms with van der Waals surface area (Å²) in [6, 6.07) is 2.98. The lowest BCUT2D eigenvalue weighted by Gasteiger charge is -2.69. The van der Waals surface area contributed by atoms with Gasteiger partial charge in [-0.25, -0.2) is 18.8 Å². The van der Waals surface area contributed by atoms with Gasteiger partial charge in [0, 0.05) is 31.2 Å². The molecule has 4 aliphatic carbocycles. The van der Waals surface area contributed by atoms with Gasteiger partial charge in [0.15, 0.2) is 5.82 Å². The Kier molecular flexibility index (Phi) is 3.39. The van der Waals surface area contributed by atoms with Crippen molar-refractivity contribution in [3.05, 3.63) is 47.5 Å². The van der Waals surface area contributed by atoms with Crippen LogP contribution >= 0.6 is 0 Å². The molecular formula is C21H21F2N5O. The number of amides is 1. The van der Waals surface area contributed by atoms with E-state index in [1.807, 2.05) is 11.0 Å². The van der Waals surface area contributed by atoms with Gasteiger partial charge in [-0.1, -0.05) is 0 Å². The van der Waals surface area contributed by atoms with Gasteiger partial charge in [0.25, 0.3) is 0 Å². The number of hydrazone groups is 1. The molecule has 6 nitrogen and oxygen atoms in total. The summed E-state index contributed by atoms with van der Waals surface area (Å²) in [7, 11) is 0. The molecule has 2 heterocycles. The van der Waals surface area contributed by atoms with E-state index in [2.05, 4.69) is 15.2 Å². The third-order valence-electron chi connectivity index (χ3n) is 6.90. The molecule has 2 aromatic rings. The maximum Gasteiger partial charge on any atom is 0.249 e. The monoisotopic (exact) mass is 397 g/mol. The first kappa shape index (κ1) is 17.2. The molecule has 4 fully saturated rings. The fourth-order valence-electron chi connectivity index (χ4n) is 5.55. The lowest BCUT2D eigenvalue weighted by Crippen LogP contribution is -2.68. The minimum atomic E-state index is -0.637. The normalized spacial score (nSPS) is 32.2. The second-order valence-electron chi connectivity index (χ2n) is 9.29. The smallest absolute Gasteiger partial charge is 0.249 e. The first-order valence-corrected chi connectivity index (χ1v) is 10.2. The summed E-state index contributed by atoms with van der Waals surface area (Å²) < 4.78 is 29.2. The molecule has 29 heavy (non-hydrogen) atoms. The molecule has 150 valence electrons. The number of halogens is 2. The summed E-state index contributed by atoms with van der Waals surface area (Å²) in [5.74, 6) is 0.179. The molecule has 2 bridgehead atoms. The molecule has 0 saturated heterocycles. The second-order valence-corrected chi connectivity index (χ2v) is 9.29. The van der Waals surface area contributed by atoms with Crippen molar-refractivity contribution in [2.45, 2.75) is 57.0 Å². The van der Waals surface area contributed by atoms with Crippen LogP contribution in [-0.2, 0) is 11.3 Å². The number of carbonyl (C=O) groups is 1. The summed E-state index contributed by atoms with van der Waals surface area (Å²) in [5.41, 5.74) is 0.185. The van der Waals surface area contributed by atoms with Gasteiger partial charge >= 0.3 is 0 Å². The van der Waals surface area contributed by atoms with Gasteiger partial charge < -0.3 is 0 Å². The second kappa shape index (κ2) is 5.70. The van der Waals surface area contributed by atoms with E-state index in [4.69, 9.17) is 0 Å². The molecule has 8 heteroatoms. The third kappa shape index (κ3) is 2.64. The van der Waals surface area contributed by atoms with Crippen molar-refractivity contribution >= 4 is 12.1 Å². The Morgan fingerprint density at radius 2 is 1.86 bits per heavy atom. The first-order valence-electron chi connectivity index (χ1n) is 10.2. The van der Waals surface area contributed by atoms with E-state index in [1.165, 1.54) is 30.0 Å². The number of hydrogen-bond donors (Lipinski definition) is 0. The quantitative estimate of drug-likeness (QED) is 0.775. The number of rotatable bonds is 5. The van der Waals surface area contributed by atoms with Crippen molar-refractivity contribution in [2.75, 3.05) is 0 Å². The largest absolute Gasteiger partial charge is 0.272 e. The van der Waals surface area contributed by atoms with Crippen LogP contribution in [-0.4, -0.2) is 31.9 Å². The molecule has 0 N–H and O–H groups in total. The van der Waals surface area contributed by atoms with Gasteiger partial charge in [0.1, 0.15) is 18.0 Å². The fraction of sp³-hybridized carbons (Fsp3) is 0.524. The summed E-state index contributed by atoms with van der Waals surface area (Å²) >= 11 is 0. The molecule has 1 atom stereocenters. The van der Waals surface area contributed by atoms with Crippen molar-refractivity contribution in [3.8, 4) is 0 Å². The predicted octanol–water partition coefficient (Wildman–Crippen LogP) is 3.56. The molecule has 1 unspecified atom stereocenters. The molecule has 1 aliphatic heterocycles. The highest BCUT2D eigenvalue weighted by atomic mass is 19.1. The number of nitrogens with zero attached hydrogens (tertiary/aromatic N) is 5. The highest BCUT2D eigenvalue weighted by Crippen LogP contribution is 2.74. The fourth-order valence-corrected chi connectivity index (χ4v) is 5.55. The molecule has 0 spiro atoms. The number of hydrogen-bond acceptors (Lipinski definition) is 4. The van der Waals surface area contributed by atoms with E-state index in [0.29, 0.717) is 17.9 Å². The zero-order valence-electron chi connectivity index (χ0n) is 15.9. The first-order chi connectivity index (χ1) is 14.0. The maximum atomic E-state index is 13.6. The standard InChI is InChI=1S/C21H21F2N5O/c22-15-5-14(6-16(23)7-15)17-3-4-25-28(17)19(29)21-8-20(9-21,10-21)11-27-12-24-18(26-27)13-1-2-13/h4-7,12-13,17H,1-3,8-11H2. The minimum absolute atomic E-state index is 0.0277.